The summed E-state index contributed by atoms with van der Waals surface area (Å²) in [6, 6.07) is 15.7. The van der Waals surface area contributed by atoms with Crippen LogP contribution < -0.4 is 10.0 Å². The van der Waals surface area contributed by atoms with Crippen molar-refractivity contribution in [2.45, 2.75) is 17.7 Å². The summed E-state index contributed by atoms with van der Waals surface area (Å²) >= 11 is 0. The molecule has 4 rings (SSSR count). The summed E-state index contributed by atoms with van der Waals surface area (Å²) in [6.45, 7) is 0. The minimum atomic E-state index is -3.74. The van der Waals surface area contributed by atoms with Crippen molar-refractivity contribution in [2.75, 3.05) is 11.8 Å². The number of aryl methyl sites for hydroxylation is 2. The zero-order chi connectivity index (χ0) is 18.3. The maximum atomic E-state index is 12.8. The van der Waals surface area contributed by atoms with Gasteiger partial charge >= 0.3 is 0 Å². The van der Waals surface area contributed by atoms with Crippen LogP contribution in [0.1, 0.15) is 21.5 Å². The summed E-state index contributed by atoms with van der Waals surface area (Å²) in [6.07, 6.45) is 1.98. The average Bonchev–Trinajstić information content (AvgIpc) is 3.08. The van der Waals surface area contributed by atoms with Crippen molar-refractivity contribution in [2.24, 2.45) is 0 Å². The number of amides is 1. The highest BCUT2D eigenvalue weighted by atomic mass is 32.2. The summed E-state index contributed by atoms with van der Waals surface area (Å²) in [5.41, 5.74) is 3.50. The lowest BCUT2D eigenvalue weighted by atomic mass is 10.0. The van der Waals surface area contributed by atoms with Gasteiger partial charge in [0.15, 0.2) is 0 Å². The van der Waals surface area contributed by atoms with Gasteiger partial charge in [0.2, 0.25) is 0 Å². The molecule has 1 amide bonds. The molecule has 0 saturated carbocycles. The first-order valence-electron chi connectivity index (χ1n) is 8.38. The second kappa shape index (κ2) is 6.14. The van der Waals surface area contributed by atoms with Gasteiger partial charge in [-0.2, -0.15) is 0 Å². The van der Waals surface area contributed by atoms with Gasteiger partial charge in [0.1, 0.15) is 0 Å². The maximum Gasteiger partial charge on any atom is 0.261 e. The van der Waals surface area contributed by atoms with Crippen LogP contribution in [0.15, 0.2) is 59.5 Å². The van der Waals surface area contributed by atoms with Crippen LogP contribution in [0.25, 0.3) is 10.8 Å². The molecule has 0 radical (unpaired) electrons. The standard InChI is InChI=1S/C20H18N2O3S/c1-21-20(23)15-7-10-16(11-8-15)26(24,25)22-18-12-9-14-6-5-13-3-2-4-17(18)19(13)14/h2-4,7-12,22H,5-6H2,1H3,(H,21,23). The van der Waals surface area contributed by atoms with Gasteiger partial charge in [0.25, 0.3) is 15.9 Å². The number of anilines is 1. The zero-order valence-corrected chi connectivity index (χ0v) is 15.1. The van der Waals surface area contributed by atoms with E-state index in [4.69, 9.17) is 0 Å². The van der Waals surface area contributed by atoms with Gasteiger partial charge in [-0.3, -0.25) is 9.52 Å². The molecule has 0 fully saturated rings. The quantitative estimate of drug-likeness (QED) is 0.745. The summed E-state index contributed by atoms with van der Waals surface area (Å²) in [4.78, 5) is 11.7. The molecule has 3 aromatic rings. The van der Waals surface area contributed by atoms with E-state index < -0.39 is 10.0 Å². The molecule has 2 N–H and O–H groups in total. The molecule has 0 unspecified atom stereocenters. The van der Waals surface area contributed by atoms with E-state index in [2.05, 4.69) is 16.1 Å². The molecule has 0 aliphatic heterocycles. The van der Waals surface area contributed by atoms with Crippen molar-refractivity contribution in [1.82, 2.24) is 5.32 Å². The van der Waals surface area contributed by atoms with Gasteiger partial charge in [-0.05, 0) is 59.7 Å². The van der Waals surface area contributed by atoms with E-state index >= 15 is 0 Å². The van der Waals surface area contributed by atoms with Crippen molar-refractivity contribution < 1.29 is 13.2 Å². The van der Waals surface area contributed by atoms with Crippen LogP contribution in [0.5, 0.6) is 0 Å². The smallest absolute Gasteiger partial charge is 0.261 e. The van der Waals surface area contributed by atoms with Crippen LogP contribution in [0.3, 0.4) is 0 Å². The van der Waals surface area contributed by atoms with E-state index in [1.54, 1.807) is 0 Å². The Kier molecular flexibility index (Phi) is 3.92. The van der Waals surface area contributed by atoms with Crippen LogP contribution in [-0.2, 0) is 22.9 Å². The molecule has 0 bridgehead atoms. The van der Waals surface area contributed by atoms with Crippen molar-refractivity contribution in [1.29, 1.82) is 0 Å². The third-order valence-electron chi connectivity index (χ3n) is 4.78. The zero-order valence-electron chi connectivity index (χ0n) is 14.2. The Morgan fingerprint density at radius 2 is 1.62 bits per heavy atom. The molecule has 0 aromatic heterocycles. The molecule has 6 heteroatoms. The number of nitrogens with one attached hydrogen (secondary N) is 2. The normalized spacial score (nSPS) is 13.0. The van der Waals surface area contributed by atoms with Gasteiger partial charge < -0.3 is 5.32 Å². The van der Waals surface area contributed by atoms with E-state index in [0.717, 1.165) is 23.6 Å². The average molecular weight is 366 g/mol. The summed E-state index contributed by atoms with van der Waals surface area (Å²) in [7, 11) is -2.21. The lowest BCUT2D eigenvalue weighted by molar-refractivity contribution is 0.0963. The number of carbonyl (C=O) groups is 1. The molecule has 3 aromatic carbocycles. The molecular weight excluding hydrogens is 348 g/mol. The fourth-order valence-corrected chi connectivity index (χ4v) is 4.55. The molecule has 0 spiro atoms. The molecular formula is C20H18N2O3S. The Hall–Kier alpha value is -2.86. The van der Waals surface area contributed by atoms with Crippen LogP contribution in [0.2, 0.25) is 0 Å². The maximum absolute atomic E-state index is 12.8. The molecule has 0 saturated heterocycles. The highest BCUT2D eigenvalue weighted by Crippen LogP contribution is 2.35. The van der Waals surface area contributed by atoms with E-state index in [1.165, 1.54) is 42.4 Å². The number of rotatable bonds is 4. The number of benzene rings is 3. The minimum absolute atomic E-state index is 0.119. The van der Waals surface area contributed by atoms with Gasteiger partial charge in [-0.1, -0.05) is 24.3 Å². The number of hydrogen-bond donors (Lipinski definition) is 2. The van der Waals surface area contributed by atoms with Gasteiger partial charge in [0.05, 0.1) is 10.6 Å². The monoisotopic (exact) mass is 366 g/mol. The Bertz CT molecular complexity index is 1110. The molecule has 132 valence electrons. The topological polar surface area (TPSA) is 75.3 Å². The fraction of sp³-hybridized carbons (Fsp3) is 0.150. The lowest BCUT2D eigenvalue weighted by Crippen LogP contribution is -2.18. The van der Waals surface area contributed by atoms with Crippen molar-refractivity contribution in [3.05, 3.63) is 71.3 Å². The van der Waals surface area contributed by atoms with Gasteiger partial charge in [0, 0.05) is 18.0 Å². The Morgan fingerprint density at radius 1 is 0.923 bits per heavy atom. The first kappa shape index (κ1) is 16.6. The van der Waals surface area contributed by atoms with Crippen LogP contribution in [0, 0.1) is 0 Å². The first-order chi connectivity index (χ1) is 12.5. The number of hydrogen-bond acceptors (Lipinski definition) is 3. The second-order valence-corrected chi connectivity index (χ2v) is 8.00. The Balaban J connectivity index is 1.71. The third kappa shape index (κ3) is 2.72. The first-order valence-corrected chi connectivity index (χ1v) is 9.86. The van der Waals surface area contributed by atoms with Gasteiger partial charge in [-0.15, -0.1) is 0 Å². The second-order valence-electron chi connectivity index (χ2n) is 6.32. The van der Waals surface area contributed by atoms with Crippen LogP contribution in [0.4, 0.5) is 5.69 Å². The highest BCUT2D eigenvalue weighted by molar-refractivity contribution is 7.92. The van der Waals surface area contributed by atoms with Crippen molar-refractivity contribution in [3.63, 3.8) is 0 Å². The predicted octanol–water partition coefficient (Wildman–Crippen LogP) is 3.10. The van der Waals surface area contributed by atoms with E-state index in [0.29, 0.717) is 11.3 Å². The van der Waals surface area contributed by atoms with Gasteiger partial charge in [-0.25, -0.2) is 8.42 Å². The third-order valence-corrected chi connectivity index (χ3v) is 6.16. The summed E-state index contributed by atoms with van der Waals surface area (Å²) in [5.74, 6) is -0.255. The molecule has 1 aliphatic carbocycles. The largest absolute Gasteiger partial charge is 0.355 e. The molecule has 26 heavy (non-hydrogen) atoms. The van der Waals surface area contributed by atoms with E-state index in [1.807, 2.05) is 24.3 Å². The van der Waals surface area contributed by atoms with Crippen molar-refractivity contribution in [3.8, 4) is 0 Å². The molecule has 1 aliphatic rings. The summed E-state index contributed by atoms with van der Waals surface area (Å²) < 4.78 is 28.2. The predicted molar refractivity (Wildman–Crippen MR) is 102 cm³/mol. The number of carbonyl (C=O) groups excluding carboxylic acids is 1. The number of sulfonamides is 1. The molecule has 0 heterocycles. The minimum Gasteiger partial charge on any atom is -0.355 e. The van der Waals surface area contributed by atoms with Crippen molar-refractivity contribution >= 4 is 32.4 Å². The SMILES string of the molecule is CNC(=O)c1ccc(S(=O)(=O)Nc2ccc3c4c(cccc24)CC3)cc1. The lowest BCUT2D eigenvalue weighted by Gasteiger charge is -2.12. The van der Waals surface area contributed by atoms with Crippen LogP contribution >= 0.6 is 0 Å². The molecule has 5 nitrogen and oxygen atoms in total. The fourth-order valence-electron chi connectivity index (χ4n) is 3.47. The van der Waals surface area contributed by atoms with E-state index in [-0.39, 0.29) is 10.8 Å². The highest BCUT2D eigenvalue weighted by Gasteiger charge is 2.20. The van der Waals surface area contributed by atoms with Crippen LogP contribution in [-0.4, -0.2) is 21.4 Å². The molecule has 0 atom stereocenters. The van der Waals surface area contributed by atoms with E-state index in [9.17, 15) is 13.2 Å². The Labute approximate surface area is 152 Å². The summed E-state index contributed by atoms with van der Waals surface area (Å²) in [5, 5.41) is 4.59. The Morgan fingerprint density at radius 3 is 2.31 bits per heavy atom.